The third kappa shape index (κ3) is 3.24. The van der Waals surface area contributed by atoms with Gasteiger partial charge in [-0.05, 0) is 31.3 Å². The zero-order valence-corrected chi connectivity index (χ0v) is 11.7. The van der Waals surface area contributed by atoms with E-state index < -0.39 is 0 Å². The minimum absolute atomic E-state index is 0.447. The average molecular weight is 277 g/mol. The van der Waals surface area contributed by atoms with Gasteiger partial charge in [0.2, 0.25) is 0 Å². The fourth-order valence-electron chi connectivity index (χ4n) is 1.68. The standard InChI is InChI=1S/C16H11N3S/c1-12-6-8-13(9-7-12)16(18-11-20)19-15-5-3-2-4-14(15)10-17/h2-9H,1H3. The lowest BCUT2D eigenvalue weighted by Crippen LogP contribution is -1.96. The first-order valence-electron chi connectivity index (χ1n) is 5.97. The minimum atomic E-state index is 0.447. The number of hydrogen-bond donors (Lipinski definition) is 0. The maximum Gasteiger partial charge on any atom is 0.170 e. The molecule has 0 amide bonds. The molecule has 20 heavy (non-hydrogen) atoms. The molecule has 3 nitrogen and oxygen atoms in total. The summed E-state index contributed by atoms with van der Waals surface area (Å²) in [4.78, 5) is 8.42. The molecule has 0 aromatic heterocycles. The Morgan fingerprint density at radius 1 is 1.10 bits per heavy atom. The number of nitriles is 1. The molecule has 0 heterocycles. The van der Waals surface area contributed by atoms with Gasteiger partial charge >= 0.3 is 0 Å². The van der Waals surface area contributed by atoms with E-state index in [1.54, 1.807) is 18.2 Å². The van der Waals surface area contributed by atoms with Crippen molar-refractivity contribution in [2.45, 2.75) is 6.92 Å². The molecule has 0 aliphatic heterocycles. The molecular formula is C16H11N3S. The molecular weight excluding hydrogens is 266 g/mol. The zero-order chi connectivity index (χ0) is 14.4. The molecule has 2 rings (SSSR count). The Labute approximate surface area is 122 Å². The Balaban J connectivity index is 2.53. The van der Waals surface area contributed by atoms with Crippen LogP contribution >= 0.6 is 12.2 Å². The Morgan fingerprint density at radius 3 is 2.45 bits per heavy atom. The van der Waals surface area contributed by atoms with E-state index in [4.69, 9.17) is 5.26 Å². The summed E-state index contributed by atoms with van der Waals surface area (Å²) in [6.45, 7) is 2.01. The predicted octanol–water partition coefficient (Wildman–Crippen LogP) is 4.05. The highest BCUT2D eigenvalue weighted by Crippen LogP contribution is 2.19. The van der Waals surface area contributed by atoms with E-state index in [9.17, 15) is 0 Å². The summed E-state index contributed by atoms with van der Waals surface area (Å²) in [5.74, 6) is 0.447. The molecule has 96 valence electrons. The highest BCUT2D eigenvalue weighted by atomic mass is 32.1. The van der Waals surface area contributed by atoms with Crippen LogP contribution in [0.3, 0.4) is 0 Å². The van der Waals surface area contributed by atoms with Crippen LogP contribution in [0.5, 0.6) is 0 Å². The minimum Gasteiger partial charge on any atom is -0.227 e. The summed E-state index contributed by atoms with van der Waals surface area (Å²) in [6, 6.07) is 17.0. The second-order valence-electron chi connectivity index (χ2n) is 4.13. The topological polar surface area (TPSA) is 48.5 Å². The van der Waals surface area contributed by atoms with Gasteiger partial charge in [0.15, 0.2) is 5.84 Å². The molecule has 2 aromatic carbocycles. The van der Waals surface area contributed by atoms with Crippen LogP contribution in [0.4, 0.5) is 5.69 Å². The lowest BCUT2D eigenvalue weighted by molar-refractivity contribution is 1.40. The Hall–Kier alpha value is -2.60. The summed E-state index contributed by atoms with van der Waals surface area (Å²) in [7, 11) is 0. The van der Waals surface area contributed by atoms with Crippen LogP contribution in [0.15, 0.2) is 58.5 Å². The third-order valence-corrected chi connectivity index (χ3v) is 2.80. The van der Waals surface area contributed by atoms with Crippen LogP contribution in [0.1, 0.15) is 16.7 Å². The van der Waals surface area contributed by atoms with Gasteiger partial charge in [0.05, 0.1) is 16.4 Å². The van der Waals surface area contributed by atoms with Crippen molar-refractivity contribution in [3.8, 4) is 6.07 Å². The van der Waals surface area contributed by atoms with Crippen molar-refractivity contribution < 1.29 is 0 Å². The Morgan fingerprint density at radius 2 is 1.80 bits per heavy atom. The first-order valence-corrected chi connectivity index (χ1v) is 6.38. The van der Waals surface area contributed by atoms with Crippen LogP contribution in [0.2, 0.25) is 0 Å². The lowest BCUT2D eigenvalue weighted by Gasteiger charge is -2.02. The van der Waals surface area contributed by atoms with Crippen LogP contribution in [-0.2, 0) is 0 Å². The van der Waals surface area contributed by atoms with Gasteiger partial charge in [-0.1, -0.05) is 42.0 Å². The van der Waals surface area contributed by atoms with E-state index in [2.05, 4.69) is 33.4 Å². The first kappa shape index (κ1) is 13.8. The molecule has 0 unspecified atom stereocenters. The molecule has 0 N–H and O–H groups in total. The summed E-state index contributed by atoms with van der Waals surface area (Å²) >= 11 is 4.67. The number of rotatable bonds is 2. The van der Waals surface area contributed by atoms with Crippen molar-refractivity contribution in [1.82, 2.24) is 0 Å². The van der Waals surface area contributed by atoms with Crippen LogP contribution in [0.25, 0.3) is 0 Å². The number of nitrogens with zero attached hydrogens (tertiary/aromatic N) is 3. The Kier molecular flexibility index (Phi) is 4.52. The maximum absolute atomic E-state index is 9.08. The van der Waals surface area contributed by atoms with Gasteiger partial charge in [0.25, 0.3) is 0 Å². The van der Waals surface area contributed by atoms with E-state index in [-0.39, 0.29) is 0 Å². The maximum atomic E-state index is 9.08. The van der Waals surface area contributed by atoms with Crippen molar-refractivity contribution in [2.75, 3.05) is 0 Å². The monoisotopic (exact) mass is 277 g/mol. The Bertz CT molecular complexity index is 733. The van der Waals surface area contributed by atoms with E-state index in [0.29, 0.717) is 17.1 Å². The van der Waals surface area contributed by atoms with Crippen LogP contribution < -0.4 is 0 Å². The highest BCUT2D eigenvalue weighted by Gasteiger charge is 2.04. The number of aryl methyl sites for hydroxylation is 1. The molecule has 0 saturated carbocycles. The van der Waals surface area contributed by atoms with Gasteiger partial charge in [0, 0.05) is 5.56 Å². The van der Waals surface area contributed by atoms with Crippen molar-refractivity contribution in [3.05, 3.63) is 65.2 Å². The highest BCUT2D eigenvalue weighted by molar-refractivity contribution is 7.78. The van der Waals surface area contributed by atoms with Gasteiger partial charge in [-0.25, -0.2) is 4.99 Å². The fourth-order valence-corrected chi connectivity index (χ4v) is 1.77. The van der Waals surface area contributed by atoms with Gasteiger partial charge in [0.1, 0.15) is 6.07 Å². The number of thiocarbonyl (C=S) groups is 1. The molecule has 0 aliphatic carbocycles. The normalized spacial score (nSPS) is 10.5. The first-order chi connectivity index (χ1) is 9.74. The van der Waals surface area contributed by atoms with Gasteiger partial charge in [-0.3, -0.25) is 0 Å². The summed E-state index contributed by atoms with van der Waals surface area (Å²) in [6.07, 6.45) is 0. The third-order valence-electron chi connectivity index (χ3n) is 2.71. The van der Waals surface area contributed by atoms with Crippen LogP contribution in [-0.4, -0.2) is 11.0 Å². The number of isothiocyanates is 1. The molecule has 0 atom stereocenters. The number of hydrogen-bond acceptors (Lipinski definition) is 3. The molecule has 0 fully saturated rings. The molecule has 0 bridgehead atoms. The molecule has 2 aromatic rings. The zero-order valence-electron chi connectivity index (χ0n) is 10.9. The molecule has 0 aliphatic rings. The quantitative estimate of drug-likeness (QED) is 0.472. The molecule has 0 spiro atoms. The van der Waals surface area contributed by atoms with Crippen LogP contribution in [0, 0.1) is 18.3 Å². The van der Waals surface area contributed by atoms with Crippen molar-refractivity contribution >= 4 is 28.9 Å². The number of amidine groups is 1. The van der Waals surface area contributed by atoms with Crippen molar-refractivity contribution in [1.29, 1.82) is 5.26 Å². The second kappa shape index (κ2) is 6.53. The van der Waals surface area contributed by atoms with Crippen molar-refractivity contribution in [2.24, 2.45) is 9.98 Å². The second-order valence-corrected chi connectivity index (χ2v) is 4.32. The summed E-state index contributed by atoms with van der Waals surface area (Å²) in [5, 5.41) is 11.4. The summed E-state index contributed by atoms with van der Waals surface area (Å²) < 4.78 is 0. The van der Waals surface area contributed by atoms with Gasteiger partial charge < -0.3 is 0 Å². The van der Waals surface area contributed by atoms with Crippen molar-refractivity contribution in [3.63, 3.8) is 0 Å². The van der Waals surface area contributed by atoms with E-state index in [0.717, 1.165) is 11.1 Å². The average Bonchev–Trinajstić information content (AvgIpc) is 2.48. The van der Waals surface area contributed by atoms with Gasteiger partial charge in [-0.15, -0.1) is 0 Å². The lowest BCUT2D eigenvalue weighted by atomic mass is 10.1. The van der Waals surface area contributed by atoms with Gasteiger partial charge in [-0.2, -0.15) is 10.3 Å². The summed E-state index contributed by atoms with van der Waals surface area (Å²) in [5.41, 5.74) is 3.05. The fraction of sp³-hybridized carbons (Fsp3) is 0.0625. The SMILES string of the molecule is Cc1ccc(C(N=C=S)=Nc2ccccc2C#N)cc1. The van der Waals surface area contributed by atoms with E-state index in [1.165, 1.54) is 0 Å². The number of benzene rings is 2. The largest absolute Gasteiger partial charge is 0.227 e. The smallest absolute Gasteiger partial charge is 0.170 e. The predicted molar refractivity (Wildman–Crippen MR) is 83.6 cm³/mol. The molecule has 4 heteroatoms. The number of aliphatic imine (C=N–C) groups is 2. The molecule has 0 radical (unpaired) electrons. The molecule has 0 saturated heterocycles. The van der Waals surface area contributed by atoms with E-state index in [1.807, 2.05) is 37.3 Å². The number of para-hydroxylation sites is 1. The van der Waals surface area contributed by atoms with E-state index >= 15 is 0 Å².